The number of nitrogens with one attached hydrogen (secondary N) is 1. The summed E-state index contributed by atoms with van der Waals surface area (Å²) in [4.78, 5) is 26.6. The van der Waals surface area contributed by atoms with E-state index < -0.39 is 17.9 Å². The number of rotatable bonds is 7. The summed E-state index contributed by atoms with van der Waals surface area (Å²) in [6.07, 6.45) is 3.24. The van der Waals surface area contributed by atoms with Gasteiger partial charge in [-0.25, -0.2) is 0 Å². The van der Waals surface area contributed by atoms with Crippen molar-refractivity contribution in [3.63, 3.8) is 0 Å². The second kappa shape index (κ2) is 11.0. The number of methoxy groups -OCH3 is 3. The Morgan fingerprint density at radius 1 is 0.927 bits per heavy atom. The molecule has 1 amide bonds. The predicted octanol–water partition coefficient (Wildman–Crippen LogP) is 5.01. The minimum atomic E-state index is -0.577. The molecule has 0 radical (unpaired) electrons. The SMILES string of the molecule is COc1cc([C@@H]2c3cc4c(cc3[C@@H](NC(=O)/C=C/c3ccc(Br)cc3)[C@H]3COC(=O)[C@H]23)OCO4)cc(OC)c1OC. The molecule has 3 aromatic carbocycles. The number of esters is 1. The molecule has 0 bridgehead atoms. The van der Waals surface area contributed by atoms with Crippen molar-refractivity contribution in [2.45, 2.75) is 12.0 Å². The lowest BCUT2D eigenvalue weighted by Gasteiger charge is -2.39. The Bertz CT molecular complexity index is 1510. The lowest BCUT2D eigenvalue weighted by atomic mass is 9.65. The van der Waals surface area contributed by atoms with Crippen molar-refractivity contribution in [3.05, 3.63) is 81.3 Å². The zero-order valence-corrected chi connectivity index (χ0v) is 24.2. The van der Waals surface area contributed by atoms with Crippen molar-refractivity contribution < 1.29 is 38.0 Å². The lowest BCUT2D eigenvalue weighted by Crippen LogP contribution is -2.42. The average molecular weight is 622 g/mol. The van der Waals surface area contributed by atoms with E-state index >= 15 is 0 Å². The molecule has 0 unspecified atom stereocenters. The van der Waals surface area contributed by atoms with Gasteiger partial charge in [0.2, 0.25) is 18.4 Å². The van der Waals surface area contributed by atoms with Gasteiger partial charge in [-0.3, -0.25) is 9.59 Å². The van der Waals surface area contributed by atoms with Gasteiger partial charge in [0, 0.05) is 22.4 Å². The molecule has 0 saturated carbocycles. The maximum absolute atomic E-state index is 13.3. The molecule has 4 atom stereocenters. The second-order valence-electron chi connectivity index (χ2n) is 9.96. The van der Waals surface area contributed by atoms with E-state index in [0.29, 0.717) is 28.7 Å². The number of benzene rings is 3. The highest BCUT2D eigenvalue weighted by Crippen LogP contribution is 2.55. The van der Waals surface area contributed by atoms with Gasteiger partial charge < -0.3 is 33.7 Å². The van der Waals surface area contributed by atoms with E-state index in [1.54, 1.807) is 27.4 Å². The number of hydrogen-bond donors (Lipinski definition) is 1. The molecule has 10 heteroatoms. The van der Waals surface area contributed by atoms with E-state index in [1.165, 1.54) is 6.08 Å². The van der Waals surface area contributed by atoms with E-state index in [0.717, 1.165) is 26.7 Å². The number of ether oxygens (including phenoxy) is 6. The second-order valence-corrected chi connectivity index (χ2v) is 10.9. The van der Waals surface area contributed by atoms with Gasteiger partial charge in [-0.1, -0.05) is 28.1 Å². The monoisotopic (exact) mass is 621 g/mol. The van der Waals surface area contributed by atoms with E-state index in [1.807, 2.05) is 48.5 Å². The summed E-state index contributed by atoms with van der Waals surface area (Å²) in [7, 11) is 4.64. The van der Waals surface area contributed by atoms with Crippen LogP contribution >= 0.6 is 15.9 Å². The molecule has 0 spiro atoms. The van der Waals surface area contributed by atoms with E-state index in [2.05, 4.69) is 21.2 Å². The Morgan fingerprint density at radius 2 is 1.59 bits per heavy atom. The zero-order valence-electron chi connectivity index (χ0n) is 22.6. The van der Waals surface area contributed by atoms with Crippen LogP contribution in [0.4, 0.5) is 0 Å². The Balaban J connectivity index is 1.44. The fourth-order valence-electron chi connectivity index (χ4n) is 5.98. The third kappa shape index (κ3) is 4.86. The fourth-order valence-corrected chi connectivity index (χ4v) is 6.24. The van der Waals surface area contributed by atoms with Crippen LogP contribution < -0.4 is 29.0 Å². The van der Waals surface area contributed by atoms with Gasteiger partial charge in [-0.15, -0.1) is 0 Å². The molecule has 9 nitrogen and oxygen atoms in total. The van der Waals surface area contributed by atoms with E-state index in [9.17, 15) is 9.59 Å². The van der Waals surface area contributed by atoms with Gasteiger partial charge in [-0.05, 0) is 64.7 Å². The topological polar surface area (TPSA) is 102 Å². The summed E-state index contributed by atoms with van der Waals surface area (Å²) in [5.41, 5.74) is 3.33. The fraction of sp³-hybridized carbons (Fsp3) is 0.290. The maximum Gasteiger partial charge on any atom is 0.310 e. The number of amides is 1. The van der Waals surface area contributed by atoms with Crippen LogP contribution in [0, 0.1) is 11.8 Å². The Hall–Kier alpha value is -4.18. The van der Waals surface area contributed by atoms with Crippen LogP contribution in [-0.4, -0.2) is 46.6 Å². The van der Waals surface area contributed by atoms with Crippen molar-refractivity contribution in [2.75, 3.05) is 34.7 Å². The summed E-state index contributed by atoms with van der Waals surface area (Å²) >= 11 is 3.42. The van der Waals surface area contributed by atoms with Crippen LogP contribution in [0.25, 0.3) is 6.08 Å². The number of carbonyl (C=O) groups excluding carboxylic acids is 2. The molecule has 212 valence electrons. The molecule has 2 aliphatic heterocycles. The van der Waals surface area contributed by atoms with Gasteiger partial charge >= 0.3 is 5.97 Å². The van der Waals surface area contributed by atoms with Gasteiger partial charge in [0.1, 0.15) is 0 Å². The quantitative estimate of drug-likeness (QED) is 0.290. The first-order chi connectivity index (χ1) is 19.9. The van der Waals surface area contributed by atoms with Crippen molar-refractivity contribution >= 4 is 33.9 Å². The normalized spacial score (nSPS) is 22.1. The molecule has 1 saturated heterocycles. The summed E-state index contributed by atoms with van der Waals surface area (Å²) < 4.78 is 34.8. The lowest BCUT2D eigenvalue weighted by molar-refractivity contribution is -0.141. The third-order valence-electron chi connectivity index (χ3n) is 7.83. The van der Waals surface area contributed by atoms with Crippen molar-refractivity contribution in [1.29, 1.82) is 0 Å². The van der Waals surface area contributed by atoms with Crippen LogP contribution in [0.3, 0.4) is 0 Å². The van der Waals surface area contributed by atoms with Crippen molar-refractivity contribution in [1.82, 2.24) is 5.32 Å². The number of fused-ring (bicyclic) bond motifs is 3. The Labute approximate surface area is 245 Å². The van der Waals surface area contributed by atoms with Gasteiger partial charge in [0.25, 0.3) is 0 Å². The highest BCUT2D eigenvalue weighted by Gasteiger charge is 2.53. The molecular formula is C31H28BrNO8. The first kappa shape index (κ1) is 27.0. The first-order valence-corrected chi connectivity index (χ1v) is 13.8. The molecular weight excluding hydrogens is 594 g/mol. The average Bonchev–Trinajstić information content (AvgIpc) is 3.61. The van der Waals surface area contributed by atoms with Crippen LogP contribution in [-0.2, 0) is 14.3 Å². The molecule has 1 fully saturated rings. The smallest absolute Gasteiger partial charge is 0.310 e. The maximum atomic E-state index is 13.3. The van der Waals surface area contributed by atoms with Crippen LogP contribution in [0.1, 0.15) is 34.2 Å². The standard InChI is InChI=1S/C31H28BrNO8/c1-36-24-10-17(11-25(37-2)30(24)38-3)27-19-12-22-23(41-15-40-22)13-20(19)29(21-14-39-31(35)28(21)27)33-26(34)9-6-16-4-7-18(32)8-5-16/h4-13,21,27-29H,14-15H2,1-3H3,(H,33,34)/b9-6+/t21-,27+,28-,29+/m0/s1. The Kier molecular flexibility index (Phi) is 7.25. The molecule has 1 N–H and O–H groups in total. The number of carbonyl (C=O) groups is 2. The number of cyclic esters (lactones) is 1. The van der Waals surface area contributed by atoms with Gasteiger partial charge in [0.15, 0.2) is 23.0 Å². The minimum absolute atomic E-state index is 0.0922. The van der Waals surface area contributed by atoms with Crippen LogP contribution in [0.2, 0.25) is 0 Å². The van der Waals surface area contributed by atoms with Gasteiger partial charge in [-0.2, -0.15) is 0 Å². The molecule has 0 aromatic heterocycles. The van der Waals surface area contributed by atoms with E-state index in [4.69, 9.17) is 28.4 Å². The molecule has 3 aromatic rings. The third-order valence-corrected chi connectivity index (χ3v) is 8.36. The largest absolute Gasteiger partial charge is 0.493 e. The summed E-state index contributed by atoms with van der Waals surface area (Å²) in [6.45, 7) is 0.259. The highest BCUT2D eigenvalue weighted by molar-refractivity contribution is 9.10. The van der Waals surface area contributed by atoms with Crippen molar-refractivity contribution in [3.8, 4) is 28.7 Å². The molecule has 6 rings (SSSR count). The summed E-state index contributed by atoms with van der Waals surface area (Å²) in [5, 5.41) is 3.14. The Morgan fingerprint density at radius 3 is 2.22 bits per heavy atom. The molecule has 2 heterocycles. The molecule has 1 aliphatic carbocycles. The number of hydrogen-bond acceptors (Lipinski definition) is 8. The summed E-state index contributed by atoms with van der Waals surface area (Å²) in [6, 6.07) is 14.6. The van der Waals surface area contributed by atoms with Crippen LogP contribution in [0.15, 0.2) is 59.1 Å². The van der Waals surface area contributed by atoms with E-state index in [-0.39, 0.29) is 31.2 Å². The highest BCUT2D eigenvalue weighted by atomic mass is 79.9. The van der Waals surface area contributed by atoms with Crippen molar-refractivity contribution in [2.24, 2.45) is 11.8 Å². The van der Waals surface area contributed by atoms with Gasteiger partial charge in [0.05, 0.1) is 39.9 Å². The first-order valence-electron chi connectivity index (χ1n) is 13.1. The van der Waals surface area contributed by atoms with Crippen LogP contribution in [0.5, 0.6) is 28.7 Å². The number of halogens is 1. The minimum Gasteiger partial charge on any atom is -0.493 e. The summed E-state index contributed by atoms with van der Waals surface area (Å²) in [5.74, 6) is 0.602. The molecule has 41 heavy (non-hydrogen) atoms. The zero-order chi connectivity index (χ0) is 28.7. The predicted molar refractivity (Wildman–Crippen MR) is 153 cm³/mol. The molecule has 3 aliphatic rings.